The lowest BCUT2D eigenvalue weighted by atomic mass is 9.85. The van der Waals surface area contributed by atoms with Crippen molar-refractivity contribution in [3.05, 3.63) is 47.7 Å². The third-order valence-corrected chi connectivity index (χ3v) is 6.22. The second kappa shape index (κ2) is 8.20. The van der Waals surface area contributed by atoms with Crippen LogP contribution in [-0.4, -0.2) is 43.5 Å². The van der Waals surface area contributed by atoms with Gasteiger partial charge >= 0.3 is 0 Å². The molecule has 1 aromatic rings. The van der Waals surface area contributed by atoms with Gasteiger partial charge in [-0.3, -0.25) is 9.69 Å². The number of aliphatic hydroxyl groups excluding tert-OH is 1. The minimum atomic E-state index is -0.862. The van der Waals surface area contributed by atoms with Crippen molar-refractivity contribution in [1.82, 2.24) is 5.32 Å². The van der Waals surface area contributed by atoms with Crippen molar-refractivity contribution in [1.29, 1.82) is 0 Å². The van der Waals surface area contributed by atoms with Crippen LogP contribution in [0.15, 0.2) is 42.1 Å². The van der Waals surface area contributed by atoms with Gasteiger partial charge in [0.25, 0.3) is 0 Å². The number of morpholine rings is 1. The lowest BCUT2D eigenvalue weighted by Crippen LogP contribution is -2.51. The van der Waals surface area contributed by atoms with Crippen molar-refractivity contribution < 1.29 is 14.6 Å². The van der Waals surface area contributed by atoms with Crippen LogP contribution in [0.1, 0.15) is 38.8 Å². The quantitative estimate of drug-likeness (QED) is 0.821. The van der Waals surface area contributed by atoms with Crippen LogP contribution in [0.4, 0.5) is 11.4 Å². The number of carbonyl (C=O) groups excluding carboxylic acids is 1. The number of hydrogen-bond donors (Lipinski definition) is 2. The summed E-state index contributed by atoms with van der Waals surface area (Å²) in [5.41, 5.74) is 4.04. The molecule has 0 aromatic heterocycles. The molecule has 3 aliphatic rings. The Kier molecular flexibility index (Phi) is 5.65. The smallest absolute Gasteiger partial charge is 0.225 e. The highest BCUT2D eigenvalue weighted by atomic mass is 16.5. The van der Waals surface area contributed by atoms with Crippen molar-refractivity contribution in [2.24, 2.45) is 11.8 Å². The van der Waals surface area contributed by atoms with E-state index >= 15 is 0 Å². The van der Waals surface area contributed by atoms with E-state index < -0.39 is 6.23 Å². The third kappa shape index (κ3) is 3.91. The maximum Gasteiger partial charge on any atom is 0.225 e. The summed E-state index contributed by atoms with van der Waals surface area (Å²) in [7, 11) is 0. The molecule has 2 N–H and O–H groups in total. The molecular weight excluding hydrogens is 366 g/mol. The Morgan fingerprint density at radius 1 is 1.24 bits per heavy atom. The van der Waals surface area contributed by atoms with Gasteiger partial charge < -0.3 is 20.1 Å². The SMILES string of the molecule is CC(=O)N1c2ccc(N3CCOCC3)cc2[C@H](NC2=CCC(C)C=C2)[C@@H](C)[C@@H]1O. The monoisotopic (exact) mass is 397 g/mol. The number of carbonyl (C=O) groups is 1. The lowest BCUT2D eigenvalue weighted by Gasteiger charge is -2.43. The van der Waals surface area contributed by atoms with Crippen LogP contribution in [0.25, 0.3) is 0 Å². The molecule has 6 heteroatoms. The Balaban J connectivity index is 1.72. The van der Waals surface area contributed by atoms with Crippen LogP contribution in [0.2, 0.25) is 0 Å². The molecule has 1 unspecified atom stereocenters. The van der Waals surface area contributed by atoms with E-state index in [2.05, 4.69) is 41.4 Å². The predicted molar refractivity (Wildman–Crippen MR) is 115 cm³/mol. The Hall–Kier alpha value is -2.31. The summed E-state index contributed by atoms with van der Waals surface area (Å²) in [6.07, 6.45) is 6.68. The number of aliphatic hydroxyl groups is 1. The number of rotatable bonds is 3. The Bertz CT molecular complexity index is 829. The number of benzene rings is 1. The highest BCUT2D eigenvalue weighted by Gasteiger charge is 2.40. The van der Waals surface area contributed by atoms with Gasteiger partial charge in [-0.15, -0.1) is 0 Å². The molecule has 4 atom stereocenters. The molecule has 1 amide bonds. The highest BCUT2D eigenvalue weighted by Crippen LogP contribution is 2.42. The van der Waals surface area contributed by atoms with Crippen LogP contribution < -0.4 is 15.1 Å². The van der Waals surface area contributed by atoms with E-state index in [1.165, 1.54) is 11.8 Å². The number of allylic oxidation sites excluding steroid dienone is 3. The molecule has 1 saturated heterocycles. The summed E-state index contributed by atoms with van der Waals surface area (Å²) in [6, 6.07) is 6.10. The molecule has 1 aliphatic carbocycles. The van der Waals surface area contributed by atoms with Crippen molar-refractivity contribution >= 4 is 17.3 Å². The van der Waals surface area contributed by atoms with Crippen LogP contribution in [0.3, 0.4) is 0 Å². The fourth-order valence-electron chi connectivity index (χ4n) is 4.44. The highest BCUT2D eigenvalue weighted by molar-refractivity contribution is 5.94. The number of anilines is 2. The molecule has 2 aliphatic heterocycles. The minimum Gasteiger partial charge on any atom is -0.378 e. The Morgan fingerprint density at radius 2 is 2.00 bits per heavy atom. The molecule has 0 bridgehead atoms. The van der Waals surface area contributed by atoms with E-state index in [0.717, 1.165) is 55.4 Å². The molecular formula is C23H31N3O3. The van der Waals surface area contributed by atoms with Gasteiger partial charge in [-0.05, 0) is 36.6 Å². The first-order valence-electron chi connectivity index (χ1n) is 10.5. The number of nitrogens with zero attached hydrogens (tertiary/aromatic N) is 2. The molecule has 29 heavy (non-hydrogen) atoms. The predicted octanol–water partition coefficient (Wildman–Crippen LogP) is 2.95. The summed E-state index contributed by atoms with van der Waals surface area (Å²) < 4.78 is 5.49. The van der Waals surface area contributed by atoms with Gasteiger partial charge in [-0.1, -0.05) is 26.0 Å². The van der Waals surface area contributed by atoms with Crippen LogP contribution >= 0.6 is 0 Å². The zero-order valence-corrected chi connectivity index (χ0v) is 17.5. The Morgan fingerprint density at radius 3 is 2.66 bits per heavy atom. The van der Waals surface area contributed by atoms with Gasteiger partial charge in [-0.25, -0.2) is 0 Å². The van der Waals surface area contributed by atoms with Crippen LogP contribution in [0.5, 0.6) is 0 Å². The van der Waals surface area contributed by atoms with E-state index in [1.807, 2.05) is 19.1 Å². The van der Waals surface area contributed by atoms with Crippen LogP contribution in [-0.2, 0) is 9.53 Å². The van der Waals surface area contributed by atoms with E-state index in [4.69, 9.17) is 4.74 Å². The minimum absolute atomic E-state index is 0.0825. The first-order valence-corrected chi connectivity index (χ1v) is 10.5. The second-order valence-corrected chi connectivity index (χ2v) is 8.36. The first-order chi connectivity index (χ1) is 14.0. The number of hydrogen-bond acceptors (Lipinski definition) is 5. The van der Waals surface area contributed by atoms with Crippen molar-refractivity contribution in [3.63, 3.8) is 0 Å². The van der Waals surface area contributed by atoms with Gasteiger partial charge in [0, 0.05) is 42.9 Å². The largest absolute Gasteiger partial charge is 0.378 e. The number of ether oxygens (including phenoxy) is 1. The Labute approximate surface area is 172 Å². The molecule has 0 spiro atoms. The molecule has 2 heterocycles. The van der Waals surface area contributed by atoms with Crippen molar-refractivity contribution in [2.45, 2.75) is 39.5 Å². The van der Waals surface area contributed by atoms with Gasteiger partial charge in [0.1, 0.15) is 6.23 Å². The summed E-state index contributed by atoms with van der Waals surface area (Å²) in [5.74, 6) is 0.247. The number of fused-ring (bicyclic) bond motifs is 1. The van der Waals surface area contributed by atoms with Gasteiger partial charge in [0.2, 0.25) is 5.91 Å². The average Bonchev–Trinajstić information content (AvgIpc) is 2.73. The molecule has 1 fully saturated rings. The molecule has 6 nitrogen and oxygen atoms in total. The zero-order chi connectivity index (χ0) is 20.5. The van der Waals surface area contributed by atoms with Gasteiger partial charge in [0.05, 0.1) is 24.9 Å². The zero-order valence-electron chi connectivity index (χ0n) is 17.5. The van der Waals surface area contributed by atoms with E-state index in [9.17, 15) is 9.90 Å². The van der Waals surface area contributed by atoms with Crippen LogP contribution in [0, 0.1) is 11.8 Å². The molecule has 4 rings (SSSR count). The van der Waals surface area contributed by atoms with Gasteiger partial charge in [0.15, 0.2) is 0 Å². The summed E-state index contributed by atoms with van der Waals surface area (Å²) >= 11 is 0. The standard InChI is InChI=1S/C23H31N3O3/c1-15-4-6-18(7-5-15)24-22-16(2)23(28)26(17(3)27)21-9-8-19(14-20(21)22)25-10-12-29-13-11-25/h4,6-9,14-16,22-24,28H,5,10-13H2,1-3H3/t15?,16-,22-,23+/m1/s1. The van der Waals surface area contributed by atoms with E-state index in [1.54, 1.807) is 0 Å². The molecule has 1 aromatic carbocycles. The number of amides is 1. The normalized spacial score (nSPS) is 29.3. The lowest BCUT2D eigenvalue weighted by molar-refractivity contribution is -0.119. The first kappa shape index (κ1) is 20.0. The maximum atomic E-state index is 12.3. The second-order valence-electron chi connectivity index (χ2n) is 8.36. The summed E-state index contributed by atoms with van der Waals surface area (Å²) in [6.45, 7) is 8.88. The van der Waals surface area contributed by atoms with E-state index in [-0.39, 0.29) is 17.9 Å². The summed E-state index contributed by atoms with van der Waals surface area (Å²) in [4.78, 5) is 16.2. The third-order valence-electron chi connectivity index (χ3n) is 6.22. The number of nitrogens with one attached hydrogen (secondary N) is 1. The fourth-order valence-corrected chi connectivity index (χ4v) is 4.44. The van der Waals surface area contributed by atoms with Crippen molar-refractivity contribution in [2.75, 3.05) is 36.1 Å². The van der Waals surface area contributed by atoms with E-state index in [0.29, 0.717) is 5.92 Å². The van der Waals surface area contributed by atoms with Crippen molar-refractivity contribution in [3.8, 4) is 0 Å². The fraction of sp³-hybridized carbons (Fsp3) is 0.522. The molecule has 0 radical (unpaired) electrons. The maximum absolute atomic E-state index is 12.3. The summed E-state index contributed by atoms with van der Waals surface area (Å²) in [5, 5.41) is 14.6. The molecule has 156 valence electrons. The topological polar surface area (TPSA) is 65.0 Å². The van der Waals surface area contributed by atoms with Gasteiger partial charge in [-0.2, -0.15) is 0 Å². The molecule has 0 saturated carbocycles. The average molecular weight is 398 g/mol.